The molecule has 0 saturated heterocycles. The van der Waals surface area contributed by atoms with Crippen molar-refractivity contribution in [1.82, 2.24) is 0 Å². The van der Waals surface area contributed by atoms with Crippen LogP contribution in [0.25, 0.3) is 0 Å². The topological polar surface area (TPSA) is 62.7 Å². The van der Waals surface area contributed by atoms with Crippen LogP contribution in [0.4, 0.5) is 68.2 Å². The Bertz CT molecular complexity index is 2570. The summed E-state index contributed by atoms with van der Waals surface area (Å²) in [7, 11) is 1.70. The number of methoxy groups -OCH3 is 1. The van der Waals surface area contributed by atoms with Gasteiger partial charge in [-0.2, -0.15) is 0 Å². The standard InChI is InChI=1S/C57H48N4O3/c1-64-57-28-16-15-27-56(57)61(47-23-9-4-10-24-47)53-39-33-50(34-40-53)58(48-29-35-51(36-30-48)59(45-19-5-2-6-20-45)54-25-13-11-17-43(54)41-62)49-31-37-52(38-32-49)60(46-21-7-3-8-22-46)55-26-14-12-18-44(55)42-63/h2-40,62-63H,41-42H2,1H3. The second-order valence-corrected chi connectivity index (χ2v) is 15.1. The highest BCUT2D eigenvalue weighted by atomic mass is 16.5. The van der Waals surface area contributed by atoms with Crippen LogP contribution in [0.5, 0.6) is 5.75 Å². The summed E-state index contributed by atoms with van der Waals surface area (Å²) < 4.78 is 5.86. The Morgan fingerprint density at radius 2 is 0.531 bits per heavy atom. The summed E-state index contributed by atoms with van der Waals surface area (Å²) in [4.78, 5) is 8.83. The summed E-state index contributed by atoms with van der Waals surface area (Å²) in [6.07, 6.45) is 0. The molecule has 0 aliphatic carbocycles. The van der Waals surface area contributed by atoms with Crippen LogP contribution in [-0.2, 0) is 13.2 Å². The molecule has 0 spiro atoms. The first-order valence-electron chi connectivity index (χ1n) is 21.3. The molecule has 0 amide bonds. The smallest absolute Gasteiger partial charge is 0.142 e. The van der Waals surface area contributed by atoms with E-state index in [0.29, 0.717) is 0 Å². The van der Waals surface area contributed by atoms with Crippen LogP contribution < -0.4 is 24.3 Å². The zero-order valence-electron chi connectivity index (χ0n) is 35.5. The van der Waals surface area contributed by atoms with Crippen LogP contribution in [0.1, 0.15) is 11.1 Å². The maximum Gasteiger partial charge on any atom is 0.142 e. The van der Waals surface area contributed by atoms with E-state index < -0.39 is 0 Å². The molecule has 7 nitrogen and oxygen atoms in total. The molecule has 0 atom stereocenters. The maximum absolute atomic E-state index is 10.4. The number of nitrogens with zero attached hydrogens (tertiary/aromatic N) is 4. The van der Waals surface area contributed by atoms with Crippen LogP contribution in [0.3, 0.4) is 0 Å². The molecule has 0 aromatic heterocycles. The van der Waals surface area contributed by atoms with E-state index in [4.69, 9.17) is 4.74 Å². The molecule has 0 fully saturated rings. The molecule has 9 aromatic carbocycles. The first kappa shape index (κ1) is 41.3. The fraction of sp³-hybridized carbons (Fsp3) is 0.0526. The Hall–Kier alpha value is -8.10. The number of ether oxygens (including phenoxy) is 1. The normalized spacial score (nSPS) is 10.9. The van der Waals surface area contributed by atoms with Crippen LogP contribution in [0.2, 0.25) is 0 Å². The highest BCUT2D eigenvalue weighted by molar-refractivity contribution is 5.86. The number of hydrogen-bond acceptors (Lipinski definition) is 7. The van der Waals surface area contributed by atoms with E-state index in [-0.39, 0.29) is 13.2 Å². The first-order chi connectivity index (χ1) is 31.6. The Labute approximate surface area is 375 Å². The largest absolute Gasteiger partial charge is 0.495 e. The predicted molar refractivity (Wildman–Crippen MR) is 264 cm³/mol. The lowest BCUT2D eigenvalue weighted by Gasteiger charge is -2.31. The van der Waals surface area contributed by atoms with Gasteiger partial charge < -0.3 is 34.5 Å². The third-order valence-corrected chi connectivity index (χ3v) is 11.3. The van der Waals surface area contributed by atoms with E-state index in [1.165, 1.54) is 0 Å². The van der Waals surface area contributed by atoms with Crippen molar-refractivity contribution in [1.29, 1.82) is 0 Å². The molecule has 2 N–H and O–H groups in total. The van der Waals surface area contributed by atoms with Gasteiger partial charge in [0.05, 0.1) is 37.4 Å². The van der Waals surface area contributed by atoms with Crippen LogP contribution in [-0.4, -0.2) is 17.3 Å². The molecule has 0 saturated carbocycles. The SMILES string of the molecule is COc1ccccc1N(c1ccccc1)c1ccc(N(c2ccc(N(c3ccccc3)c3ccccc3CO)cc2)c2ccc(N(c3ccccc3)c3ccccc3CO)cc2)cc1. The van der Waals surface area contributed by atoms with Gasteiger partial charge in [0.2, 0.25) is 0 Å². The molecule has 0 bridgehead atoms. The molecule has 0 radical (unpaired) electrons. The highest BCUT2D eigenvalue weighted by Crippen LogP contribution is 2.45. The monoisotopic (exact) mass is 836 g/mol. The summed E-state index contributed by atoms with van der Waals surface area (Å²) >= 11 is 0. The van der Waals surface area contributed by atoms with Crippen molar-refractivity contribution in [3.05, 3.63) is 248 Å². The van der Waals surface area contributed by atoms with Gasteiger partial charge in [-0.1, -0.05) is 103 Å². The Balaban J connectivity index is 1.15. The Morgan fingerprint density at radius 1 is 0.281 bits per heavy atom. The van der Waals surface area contributed by atoms with Crippen molar-refractivity contribution >= 4 is 68.2 Å². The van der Waals surface area contributed by atoms with E-state index in [9.17, 15) is 10.2 Å². The summed E-state index contributed by atoms with van der Waals surface area (Å²) in [6, 6.07) is 80.5. The van der Waals surface area contributed by atoms with E-state index >= 15 is 0 Å². The fourth-order valence-corrected chi connectivity index (χ4v) is 8.25. The molecule has 9 rings (SSSR count). The fourth-order valence-electron chi connectivity index (χ4n) is 8.25. The zero-order chi connectivity index (χ0) is 43.7. The van der Waals surface area contributed by atoms with Crippen molar-refractivity contribution in [3.63, 3.8) is 0 Å². The first-order valence-corrected chi connectivity index (χ1v) is 21.3. The summed E-state index contributed by atoms with van der Waals surface area (Å²) in [5.74, 6) is 0.773. The highest BCUT2D eigenvalue weighted by Gasteiger charge is 2.21. The quantitative estimate of drug-likeness (QED) is 0.107. The van der Waals surface area contributed by atoms with Gasteiger partial charge in [0, 0.05) is 62.3 Å². The molecule has 0 aliphatic heterocycles. The average Bonchev–Trinajstić information content (AvgIpc) is 3.37. The molecule has 7 heteroatoms. The number of rotatable bonds is 15. The average molecular weight is 837 g/mol. The zero-order valence-corrected chi connectivity index (χ0v) is 35.5. The van der Waals surface area contributed by atoms with Gasteiger partial charge in [-0.05, 0) is 133 Å². The van der Waals surface area contributed by atoms with Gasteiger partial charge in [-0.25, -0.2) is 0 Å². The lowest BCUT2D eigenvalue weighted by Crippen LogP contribution is -2.15. The predicted octanol–water partition coefficient (Wildman–Crippen LogP) is 14.6. The Morgan fingerprint density at radius 3 is 0.859 bits per heavy atom. The number of hydrogen-bond donors (Lipinski definition) is 2. The number of benzene rings is 9. The molecule has 9 aromatic rings. The minimum absolute atomic E-state index is 0.0800. The molecular formula is C57H48N4O3. The third kappa shape index (κ3) is 8.54. The van der Waals surface area contributed by atoms with Crippen molar-refractivity contribution in [3.8, 4) is 5.75 Å². The van der Waals surface area contributed by atoms with E-state index in [2.05, 4.69) is 135 Å². The molecule has 0 aliphatic rings. The van der Waals surface area contributed by atoms with E-state index in [1.807, 2.05) is 121 Å². The van der Waals surface area contributed by atoms with Gasteiger partial charge in [0.15, 0.2) is 0 Å². The molecule has 64 heavy (non-hydrogen) atoms. The lowest BCUT2D eigenvalue weighted by atomic mass is 10.1. The second kappa shape index (κ2) is 19.3. The molecule has 0 heterocycles. The number of para-hydroxylation sites is 7. The molecular weight excluding hydrogens is 789 g/mol. The van der Waals surface area contributed by atoms with Crippen molar-refractivity contribution in [2.24, 2.45) is 0 Å². The second-order valence-electron chi connectivity index (χ2n) is 15.1. The van der Waals surface area contributed by atoms with E-state index in [1.54, 1.807) is 7.11 Å². The number of aliphatic hydroxyl groups excluding tert-OH is 2. The minimum Gasteiger partial charge on any atom is -0.495 e. The Kier molecular flexibility index (Phi) is 12.4. The van der Waals surface area contributed by atoms with Crippen LogP contribution in [0, 0.1) is 0 Å². The van der Waals surface area contributed by atoms with Gasteiger partial charge in [-0.3, -0.25) is 0 Å². The summed E-state index contributed by atoms with van der Waals surface area (Å²) in [5, 5.41) is 20.8. The number of aliphatic hydroxyl groups is 2. The summed E-state index contributed by atoms with van der Waals surface area (Å²) in [6.45, 7) is -0.160. The summed E-state index contributed by atoms with van der Waals surface area (Å²) in [5.41, 5.74) is 13.2. The van der Waals surface area contributed by atoms with Crippen LogP contribution in [0.15, 0.2) is 237 Å². The van der Waals surface area contributed by atoms with Gasteiger partial charge in [0.1, 0.15) is 5.75 Å². The van der Waals surface area contributed by atoms with Gasteiger partial charge >= 0.3 is 0 Å². The number of anilines is 12. The van der Waals surface area contributed by atoms with Gasteiger partial charge in [0.25, 0.3) is 0 Å². The van der Waals surface area contributed by atoms with E-state index in [0.717, 1.165) is 85.1 Å². The third-order valence-electron chi connectivity index (χ3n) is 11.3. The lowest BCUT2D eigenvalue weighted by molar-refractivity contribution is 0.282. The van der Waals surface area contributed by atoms with Crippen LogP contribution >= 0.6 is 0 Å². The van der Waals surface area contributed by atoms with Crippen molar-refractivity contribution in [2.75, 3.05) is 26.7 Å². The molecule has 314 valence electrons. The van der Waals surface area contributed by atoms with Crippen molar-refractivity contribution < 1.29 is 14.9 Å². The van der Waals surface area contributed by atoms with Crippen molar-refractivity contribution in [2.45, 2.75) is 13.2 Å². The minimum atomic E-state index is -0.0800. The van der Waals surface area contributed by atoms with Gasteiger partial charge in [-0.15, -0.1) is 0 Å². The maximum atomic E-state index is 10.4. The molecule has 0 unspecified atom stereocenters.